The predicted molar refractivity (Wildman–Crippen MR) is 86.6 cm³/mol. The normalized spacial score (nSPS) is 22.0. The van der Waals surface area contributed by atoms with Gasteiger partial charge < -0.3 is 9.64 Å². The van der Waals surface area contributed by atoms with Crippen molar-refractivity contribution in [2.24, 2.45) is 5.92 Å². The number of hydrogen-bond donors (Lipinski definition) is 0. The van der Waals surface area contributed by atoms with Crippen molar-refractivity contribution in [3.63, 3.8) is 0 Å². The number of hydrogen-bond acceptors (Lipinski definition) is 2. The number of aryl methyl sites for hydroxylation is 1. The molecule has 0 spiro atoms. The second-order valence-electron chi connectivity index (χ2n) is 6.13. The lowest BCUT2D eigenvalue weighted by molar-refractivity contribution is -0.126. The first-order valence-electron chi connectivity index (χ1n) is 8.09. The second kappa shape index (κ2) is 7.60. The van der Waals surface area contributed by atoms with Crippen LogP contribution < -0.4 is 4.90 Å². The zero-order chi connectivity index (χ0) is 15.2. The molecule has 116 valence electrons. The topological polar surface area (TPSA) is 29.5 Å². The Kier molecular flexibility index (Phi) is 5.80. The largest absolute Gasteiger partial charge is 0.368 e. The van der Waals surface area contributed by atoms with E-state index >= 15 is 0 Å². The molecule has 1 fully saturated rings. The van der Waals surface area contributed by atoms with Gasteiger partial charge in [-0.25, -0.2) is 0 Å². The quantitative estimate of drug-likeness (QED) is 0.821. The molecular formula is C18H27NO2. The van der Waals surface area contributed by atoms with Crippen molar-refractivity contribution in [2.75, 3.05) is 18.1 Å². The Hall–Kier alpha value is -1.35. The van der Waals surface area contributed by atoms with Crippen LogP contribution in [0, 0.1) is 12.8 Å². The van der Waals surface area contributed by atoms with Crippen molar-refractivity contribution in [3.8, 4) is 0 Å². The van der Waals surface area contributed by atoms with Crippen LogP contribution in [0.3, 0.4) is 0 Å². The molecule has 0 aliphatic heterocycles. The summed E-state index contributed by atoms with van der Waals surface area (Å²) in [4.78, 5) is 14.3. The summed E-state index contributed by atoms with van der Waals surface area (Å²) < 4.78 is 5.87. The van der Waals surface area contributed by atoms with Crippen LogP contribution in [-0.2, 0) is 9.53 Å². The van der Waals surface area contributed by atoms with Gasteiger partial charge in [-0.15, -0.1) is 0 Å². The summed E-state index contributed by atoms with van der Waals surface area (Å²) in [5, 5.41) is 0. The third-order valence-corrected chi connectivity index (χ3v) is 4.35. The van der Waals surface area contributed by atoms with Crippen molar-refractivity contribution in [1.82, 2.24) is 0 Å². The van der Waals surface area contributed by atoms with Crippen LogP contribution in [0.1, 0.15) is 45.1 Å². The molecule has 1 aromatic rings. The van der Waals surface area contributed by atoms with Gasteiger partial charge >= 0.3 is 0 Å². The van der Waals surface area contributed by atoms with Gasteiger partial charge in [0.15, 0.2) is 0 Å². The van der Waals surface area contributed by atoms with Gasteiger partial charge in [0, 0.05) is 12.2 Å². The Morgan fingerprint density at radius 3 is 2.76 bits per heavy atom. The maximum absolute atomic E-state index is 12.5. The fourth-order valence-corrected chi connectivity index (χ4v) is 3.14. The number of rotatable bonds is 5. The van der Waals surface area contributed by atoms with Gasteiger partial charge in [-0.05, 0) is 44.2 Å². The van der Waals surface area contributed by atoms with E-state index in [1.165, 1.54) is 12.8 Å². The number of para-hydroxylation sites is 1. The molecule has 1 aromatic carbocycles. The van der Waals surface area contributed by atoms with Crippen molar-refractivity contribution in [1.29, 1.82) is 0 Å². The summed E-state index contributed by atoms with van der Waals surface area (Å²) in [5.41, 5.74) is 2.12. The number of nitrogens with zero attached hydrogens (tertiary/aromatic N) is 1. The van der Waals surface area contributed by atoms with Crippen LogP contribution in [0.4, 0.5) is 5.69 Å². The average molecular weight is 289 g/mol. The SMILES string of the molecule is CCN(C(=O)COC1CCCC(C)C1)c1ccccc1C. The number of benzene rings is 1. The number of ether oxygens (including phenoxy) is 1. The van der Waals surface area contributed by atoms with E-state index in [2.05, 4.69) is 6.92 Å². The minimum Gasteiger partial charge on any atom is -0.368 e. The third kappa shape index (κ3) is 4.31. The molecule has 2 unspecified atom stereocenters. The zero-order valence-electron chi connectivity index (χ0n) is 13.5. The van der Waals surface area contributed by atoms with E-state index < -0.39 is 0 Å². The van der Waals surface area contributed by atoms with Gasteiger partial charge in [-0.3, -0.25) is 4.79 Å². The first-order valence-corrected chi connectivity index (χ1v) is 8.09. The van der Waals surface area contributed by atoms with Gasteiger partial charge in [-0.1, -0.05) is 38.0 Å². The van der Waals surface area contributed by atoms with Crippen LogP contribution >= 0.6 is 0 Å². The molecule has 2 atom stereocenters. The Balaban J connectivity index is 1.93. The van der Waals surface area contributed by atoms with Crippen molar-refractivity contribution >= 4 is 11.6 Å². The van der Waals surface area contributed by atoms with Gasteiger partial charge in [0.25, 0.3) is 5.91 Å². The van der Waals surface area contributed by atoms with Gasteiger partial charge in [0.1, 0.15) is 6.61 Å². The Labute approximate surface area is 128 Å². The molecular weight excluding hydrogens is 262 g/mol. The Morgan fingerprint density at radius 2 is 2.10 bits per heavy atom. The number of carbonyl (C=O) groups is 1. The number of anilines is 1. The molecule has 0 saturated heterocycles. The average Bonchev–Trinajstić information content (AvgIpc) is 2.48. The first-order chi connectivity index (χ1) is 10.1. The molecule has 0 heterocycles. The standard InChI is InChI=1S/C18H27NO2/c1-4-19(17-11-6-5-9-15(17)3)18(20)13-21-16-10-7-8-14(2)12-16/h5-6,9,11,14,16H,4,7-8,10,12-13H2,1-3H3. The number of carbonyl (C=O) groups excluding carboxylic acids is 1. The monoisotopic (exact) mass is 289 g/mol. The van der Waals surface area contributed by atoms with Crippen molar-refractivity contribution in [3.05, 3.63) is 29.8 Å². The fraction of sp³-hybridized carbons (Fsp3) is 0.611. The first kappa shape index (κ1) is 16.0. The van der Waals surface area contributed by atoms with Crippen molar-refractivity contribution in [2.45, 2.75) is 52.6 Å². The van der Waals surface area contributed by atoms with E-state index in [1.807, 2.05) is 43.0 Å². The Morgan fingerprint density at radius 1 is 1.33 bits per heavy atom. The highest BCUT2D eigenvalue weighted by atomic mass is 16.5. The highest BCUT2D eigenvalue weighted by Gasteiger charge is 2.22. The molecule has 1 amide bonds. The zero-order valence-corrected chi connectivity index (χ0v) is 13.5. The van der Waals surface area contributed by atoms with Gasteiger partial charge in [-0.2, -0.15) is 0 Å². The third-order valence-electron chi connectivity index (χ3n) is 4.35. The summed E-state index contributed by atoms with van der Waals surface area (Å²) in [5.74, 6) is 0.780. The van der Waals surface area contributed by atoms with E-state index in [1.54, 1.807) is 0 Å². The molecule has 3 heteroatoms. The highest BCUT2D eigenvalue weighted by molar-refractivity contribution is 5.94. The van der Waals surface area contributed by atoms with Crippen LogP contribution in [0.5, 0.6) is 0 Å². The van der Waals surface area contributed by atoms with Crippen LogP contribution in [0.15, 0.2) is 24.3 Å². The van der Waals surface area contributed by atoms with E-state index in [0.717, 1.165) is 30.0 Å². The maximum Gasteiger partial charge on any atom is 0.252 e. The molecule has 1 aliphatic rings. The number of amides is 1. The molecule has 21 heavy (non-hydrogen) atoms. The molecule has 0 radical (unpaired) electrons. The lowest BCUT2D eigenvalue weighted by Gasteiger charge is -2.28. The summed E-state index contributed by atoms with van der Waals surface area (Å²) >= 11 is 0. The van der Waals surface area contributed by atoms with E-state index in [9.17, 15) is 4.79 Å². The molecule has 3 nitrogen and oxygen atoms in total. The van der Waals surface area contributed by atoms with Crippen molar-refractivity contribution < 1.29 is 9.53 Å². The minimum atomic E-state index is 0.0602. The van der Waals surface area contributed by atoms with E-state index in [4.69, 9.17) is 4.74 Å². The second-order valence-corrected chi connectivity index (χ2v) is 6.13. The highest BCUT2D eigenvalue weighted by Crippen LogP contribution is 2.26. The predicted octanol–water partition coefficient (Wildman–Crippen LogP) is 3.94. The Bertz CT molecular complexity index is 472. The molecule has 1 aliphatic carbocycles. The molecule has 0 bridgehead atoms. The summed E-state index contributed by atoms with van der Waals surface area (Å²) in [6.45, 7) is 7.18. The minimum absolute atomic E-state index is 0.0602. The van der Waals surface area contributed by atoms with Crippen LogP contribution in [0.25, 0.3) is 0 Å². The molecule has 2 rings (SSSR count). The maximum atomic E-state index is 12.5. The molecule has 0 aromatic heterocycles. The summed E-state index contributed by atoms with van der Waals surface area (Å²) in [7, 11) is 0. The molecule has 0 N–H and O–H groups in total. The number of likely N-dealkylation sites (N-methyl/N-ethyl adjacent to an activating group) is 1. The molecule has 1 saturated carbocycles. The van der Waals surface area contributed by atoms with E-state index in [0.29, 0.717) is 6.54 Å². The lowest BCUT2D eigenvalue weighted by Crippen LogP contribution is -2.36. The summed E-state index contributed by atoms with van der Waals surface area (Å²) in [6, 6.07) is 8.01. The smallest absolute Gasteiger partial charge is 0.252 e. The van der Waals surface area contributed by atoms with E-state index in [-0.39, 0.29) is 18.6 Å². The van der Waals surface area contributed by atoms with Crippen LogP contribution in [0.2, 0.25) is 0 Å². The van der Waals surface area contributed by atoms with Gasteiger partial charge in [0.2, 0.25) is 0 Å². The lowest BCUT2D eigenvalue weighted by atomic mass is 9.89. The van der Waals surface area contributed by atoms with Crippen LogP contribution in [-0.4, -0.2) is 25.2 Å². The fourth-order valence-electron chi connectivity index (χ4n) is 3.14. The summed E-state index contributed by atoms with van der Waals surface area (Å²) in [6.07, 6.45) is 4.94. The van der Waals surface area contributed by atoms with Gasteiger partial charge in [0.05, 0.1) is 6.10 Å².